The highest BCUT2D eigenvalue weighted by Gasteiger charge is 2.34. The molecule has 0 atom stereocenters. The molecule has 0 bridgehead atoms. The van der Waals surface area contributed by atoms with Gasteiger partial charge in [-0.05, 0) is 44.0 Å². The lowest BCUT2D eigenvalue weighted by molar-refractivity contribution is -0.136. The molecular weight excluding hydrogens is 357 g/mol. The molecule has 1 saturated carbocycles. The number of amides is 1. The lowest BCUT2D eigenvalue weighted by Gasteiger charge is -2.14. The molecule has 0 unspecified atom stereocenters. The van der Waals surface area contributed by atoms with Gasteiger partial charge in [0.25, 0.3) is 5.91 Å². The minimum atomic E-state index is -4.59. The number of hydrogen-bond acceptors (Lipinski definition) is 4. The SMILES string of the molecule is Cc1cc(C(=O)NC2CC2)nc(Nc2ccc(Cl)cc2C(F)(F)F)n1. The van der Waals surface area contributed by atoms with E-state index in [4.69, 9.17) is 11.6 Å². The van der Waals surface area contributed by atoms with Crippen LogP contribution in [-0.4, -0.2) is 21.9 Å². The van der Waals surface area contributed by atoms with E-state index >= 15 is 0 Å². The van der Waals surface area contributed by atoms with Crippen LogP contribution in [0.5, 0.6) is 0 Å². The van der Waals surface area contributed by atoms with Crippen molar-refractivity contribution >= 4 is 29.1 Å². The van der Waals surface area contributed by atoms with Gasteiger partial charge in [-0.3, -0.25) is 4.79 Å². The zero-order valence-corrected chi connectivity index (χ0v) is 13.9. The standard InChI is InChI=1S/C16H14ClF3N4O/c1-8-6-13(14(25)22-10-3-4-10)24-15(21-8)23-12-5-2-9(17)7-11(12)16(18,19)20/h2,5-7,10H,3-4H2,1H3,(H,22,25)(H,21,23,24). The van der Waals surface area contributed by atoms with Crippen LogP contribution < -0.4 is 10.6 Å². The molecule has 1 fully saturated rings. The number of carbonyl (C=O) groups is 1. The Bertz CT molecular complexity index is 822. The van der Waals surface area contributed by atoms with E-state index in [2.05, 4.69) is 20.6 Å². The topological polar surface area (TPSA) is 66.9 Å². The van der Waals surface area contributed by atoms with Crippen LogP contribution in [0.3, 0.4) is 0 Å². The molecule has 1 aliphatic rings. The fourth-order valence-corrected chi connectivity index (χ4v) is 2.38. The molecule has 0 spiro atoms. The first kappa shape index (κ1) is 17.5. The third kappa shape index (κ3) is 4.39. The van der Waals surface area contributed by atoms with Gasteiger partial charge in [-0.25, -0.2) is 9.97 Å². The Morgan fingerprint density at radius 2 is 1.96 bits per heavy atom. The van der Waals surface area contributed by atoms with Crippen molar-refractivity contribution in [3.63, 3.8) is 0 Å². The van der Waals surface area contributed by atoms with E-state index < -0.39 is 11.7 Å². The predicted octanol–water partition coefficient (Wildman–Crippen LogP) is 4.09. The van der Waals surface area contributed by atoms with Gasteiger partial charge in [0.2, 0.25) is 5.95 Å². The van der Waals surface area contributed by atoms with Crippen molar-refractivity contribution in [2.45, 2.75) is 32.0 Å². The smallest absolute Gasteiger partial charge is 0.348 e. The van der Waals surface area contributed by atoms with E-state index in [1.54, 1.807) is 6.92 Å². The van der Waals surface area contributed by atoms with Crippen molar-refractivity contribution in [3.05, 3.63) is 46.2 Å². The summed E-state index contributed by atoms with van der Waals surface area (Å²) in [6, 6.07) is 4.97. The lowest BCUT2D eigenvalue weighted by atomic mass is 10.1. The number of aryl methyl sites for hydroxylation is 1. The van der Waals surface area contributed by atoms with Crippen molar-refractivity contribution in [3.8, 4) is 0 Å². The van der Waals surface area contributed by atoms with Crippen LogP contribution in [0.15, 0.2) is 24.3 Å². The summed E-state index contributed by atoms with van der Waals surface area (Å²) in [5, 5.41) is 5.27. The van der Waals surface area contributed by atoms with Crippen molar-refractivity contribution in [2.75, 3.05) is 5.32 Å². The summed E-state index contributed by atoms with van der Waals surface area (Å²) in [6.45, 7) is 1.63. The lowest BCUT2D eigenvalue weighted by Crippen LogP contribution is -2.26. The molecule has 132 valence electrons. The molecule has 9 heteroatoms. The quantitative estimate of drug-likeness (QED) is 0.850. The number of anilines is 2. The first-order valence-corrected chi connectivity index (χ1v) is 7.90. The molecule has 1 aromatic heterocycles. The number of benzene rings is 1. The molecule has 25 heavy (non-hydrogen) atoms. The van der Waals surface area contributed by atoms with Crippen molar-refractivity contribution < 1.29 is 18.0 Å². The van der Waals surface area contributed by atoms with E-state index in [0.717, 1.165) is 18.9 Å². The molecule has 1 heterocycles. The van der Waals surface area contributed by atoms with Gasteiger partial charge in [0.1, 0.15) is 5.69 Å². The van der Waals surface area contributed by atoms with Crippen LogP contribution >= 0.6 is 11.6 Å². The fraction of sp³-hybridized carbons (Fsp3) is 0.312. The first-order chi connectivity index (χ1) is 11.7. The second-order valence-corrected chi connectivity index (χ2v) is 6.22. The number of nitrogens with one attached hydrogen (secondary N) is 2. The van der Waals surface area contributed by atoms with Crippen LogP contribution in [0.4, 0.5) is 24.8 Å². The van der Waals surface area contributed by atoms with E-state index in [-0.39, 0.29) is 34.3 Å². The Labute approximate surface area is 146 Å². The maximum absolute atomic E-state index is 13.2. The summed E-state index contributed by atoms with van der Waals surface area (Å²) < 4.78 is 39.5. The van der Waals surface area contributed by atoms with Crippen LogP contribution in [0.25, 0.3) is 0 Å². The summed E-state index contributed by atoms with van der Waals surface area (Å²) >= 11 is 5.66. The van der Waals surface area contributed by atoms with E-state index in [1.807, 2.05) is 0 Å². The Balaban J connectivity index is 1.90. The Kier molecular flexibility index (Phi) is 4.55. The summed E-state index contributed by atoms with van der Waals surface area (Å²) in [4.78, 5) is 20.2. The maximum atomic E-state index is 13.2. The van der Waals surface area contributed by atoms with Gasteiger partial charge in [-0.1, -0.05) is 11.6 Å². The summed E-state index contributed by atoms with van der Waals surface area (Å²) in [7, 11) is 0. The molecule has 0 saturated heterocycles. The van der Waals surface area contributed by atoms with Crippen molar-refractivity contribution in [1.29, 1.82) is 0 Å². The molecule has 0 aliphatic heterocycles. The number of alkyl halides is 3. The van der Waals surface area contributed by atoms with Gasteiger partial charge in [0.15, 0.2) is 0 Å². The van der Waals surface area contributed by atoms with Crippen molar-refractivity contribution in [2.24, 2.45) is 0 Å². The highest BCUT2D eigenvalue weighted by atomic mass is 35.5. The molecule has 2 N–H and O–H groups in total. The van der Waals surface area contributed by atoms with Gasteiger partial charge < -0.3 is 10.6 Å². The van der Waals surface area contributed by atoms with Gasteiger partial charge in [0.05, 0.1) is 11.3 Å². The average Bonchev–Trinajstić information content (AvgIpc) is 3.31. The van der Waals surface area contributed by atoms with E-state index in [0.29, 0.717) is 5.69 Å². The van der Waals surface area contributed by atoms with E-state index in [9.17, 15) is 18.0 Å². The zero-order valence-electron chi connectivity index (χ0n) is 13.1. The molecule has 1 aromatic carbocycles. The molecule has 1 amide bonds. The molecule has 0 radical (unpaired) electrons. The highest BCUT2D eigenvalue weighted by molar-refractivity contribution is 6.30. The third-order valence-electron chi connectivity index (χ3n) is 3.53. The monoisotopic (exact) mass is 370 g/mol. The molecule has 2 aromatic rings. The number of halogens is 4. The maximum Gasteiger partial charge on any atom is 0.418 e. The zero-order chi connectivity index (χ0) is 18.2. The van der Waals surface area contributed by atoms with Crippen LogP contribution in [0, 0.1) is 6.92 Å². The normalized spacial score (nSPS) is 14.3. The largest absolute Gasteiger partial charge is 0.418 e. The van der Waals surface area contributed by atoms with Crippen LogP contribution in [-0.2, 0) is 6.18 Å². The minimum Gasteiger partial charge on any atom is -0.348 e. The van der Waals surface area contributed by atoms with Gasteiger partial charge >= 0.3 is 6.18 Å². The third-order valence-corrected chi connectivity index (χ3v) is 3.77. The number of aromatic nitrogens is 2. The predicted molar refractivity (Wildman–Crippen MR) is 87.0 cm³/mol. The van der Waals surface area contributed by atoms with E-state index in [1.165, 1.54) is 18.2 Å². The summed E-state index contributed by atoms with van der Waals surface area (Å²) in [5.74, 6) is -0.461. The van der Waals surface area contributed by atoms with Crippen LogP contribution in [0.2, 0.25) is 5.02 Å². The Morgan fingerprint density at radius 1 is 1.24 bits per heavy atom. The van der Waals surface area contributed by atoms with Gasteiger partial charge in [0, 0.05) is 16.8 Å². The minimum absolute atomic E-state index is 0.0347. The summed E-state index contributed by atoms with van der Waals surface area (Å²) in [6.07, 6.45) is -2.76. The molecule has 5 nitrogen and oxygen atoms in total. The average molecular weight is 371 g/mol. The van der Waals surface area contributed by atoms with Crippen molar-refractivity contribution in [1.82, 2.24) is 15.3 Å². The molecule has 1 aliphatic carbocycles. The Hall–Kier alpha value is -2.35. The number of nitrogens with zero attached hydrogens (tertiary/aromatic N) is 2. The number of rotatable bonds is 4. The highest BCUT2D eigenvalue weighted by Crippen LogP contribution is 2.37. The fourth-order valence-electron chi connectivity index (χ4n) is 2.21. The number of hydrogen-bond donors (Lipinski definition) is 2. The van der Waals surface area contributed by atoms with Crippen LogP contribution in [0.1, 0.15) is 34.6 Å². The molecular formula is C16H14ClF3N4O. The second kappa shape index (κ2) is 6.51. The first-order valence-electron chi connectivity index (χ1n) is 7.53. The summed E-state index contributed by atoms with van der Waals surface area (Å²) in [5.41, 5.74) is -0.615. The molecule has 3 rings (SSSR count). The second-order valence-electron chi connectivity index (χ2n) is 5.78. The Morgan fingerprint density at radius 3 is 2.60 bits per heavy atom. The van der Waals surface area contributed by atoms with Gasteiger partial charge in [-0.2, -0.15) is 13.2 Å². The number of carbonyl (C=O) groups excluding carboxylic acids is 1. The van der Waals surface area contributed by atoms with Gasteiger partial charge in [-0.15, -0.1) is 0 Å².